The maximum atomic E-state index is 12.0. The Labute approximate surface area is 143 Å². The number of hydrogen-bond acceptors (Lipinski definition) is 4. The number of rotatable bonds is 5. The van der Waals surface area contributed by atoms with E-state index in [-0.39, 0.29) is 5.91 Å². The first-order chi connectivity index (χ1) is 11.7. The highest BCUT2D eigenvalue weighted by Crippen LogP contribution is 2.23. The number of para-hydroxylation sites is 1. The van der Waals surface area contributed by atoms with Crippen LogP contribution in [0.15, 0.2) is 42.7 Å². The van der Waals surface area contributed by atoms with E-state index in [1.54, 1.807) is 12.3 Å². The van der Waals surface area contributed by atoms with Crippen LogP contribution in [0.3, 0.4) is 0 Å². The van der Waals surface area contributed by atoms with Crippen molar-refractivity contribution in [1.29, 1.82) is 5.26 Å². The number of aryl methyl sites for hydroxylation is 2. The molecule has 120 valence electrons. The van der Waals surface area contributed by atoms with Gasteiger partial charge in [-0.2, -0.15) is 5.26 Å². The second-order valence-corrected chi connectivity index (χ2v) is 6.54. The average molecular weight is 336 g/mol. The first kappa shape index (κ1) is 16.0. The van der Waals surface area contributed by atoms with Crippen LogP contribution in [0.1, 0.15) is 16.9 Å². The molecule has 3 aromatic rings. The summed E-state index contributed by atoms with van der Waals surface area (Å²) in [6.07, 6.45) is 7.45. The van der Waals surface area contributed by atoms with Crippen LogP contribution in [0.25, 0.3) is 17.0 Å². The van der Waals surface area contributed by atoms with Crippen LogP contribution in [0.5, 0.6) is 0 Å². The number of thiazole rings is 1. The first-order valence-electron chi connectivity index (χ1n) is 7.53. The minimum Gasteiger partial charge on any atom is -0.346 e. The summed E-state index contributed by atoms with van der Waals surface area (Å²) < 4.78 is 2.04. The fraction of sp³-hybridized carbons (Fsp3) is 0.167. The van der Waals surface area contributed by atoms with E-state index in [1.807, 2.05) is 42.0 Å². The molecule has 0 unspecified atom stereocenters. The molecule has 0 saturated heterocycles. The lowest BCUT2D eigenvalue weighted by Gasteiger charge is -2.00. The SMILES string of the molecule is Cc1cnc(NC(=O)C=Cc2cn(CCC#N)c3ccccc23)s1. The van der Waals surface area contributed by atoms with Crippen LogP contribution < -0.4 is 5.32 Å². The van der Waals surface area contributed by atoms with Crippen molar-refractivity contribution >= 4 is 39.4 Å². The highest BCUT2D eigenvalue weighted by Gasteiger charge is 2.07. The van der Waals surface area contributed by atoms with Crippen LogP contribution >= 0.6 is 11.3 Å². The maximum absolute atomic E-state index is 12.0. The molecule has 1 amide bonds. The zero-order chi connectivity index (χ0) is 16.9. The Hall–Kier alpha value is -2.91. The molecule has 2 heterocycles. The molecule has 1 N–H and O–H groups in total. The largest absolute Gasteiger partial charge is 0.346 e. The third-order valence-electron chi connectivity index (χ3n) is 3.55. The number of carbonyl (C=O) groups is 1. The standard InChI is InChI=1S/C18H16N4OS/c1-13-11-20-18(24-13)21-17(23)8-7-14-12-22(10-4-9-19)16-6-3-2-5-15(14)16/h2-3,5-8,11-12H,4,10H2,1H3,(H,20,21,23). The van der Waals surface area contributed by atoms with E-state index in [0.29, 0.717) is 18.1 Å². The number of aromatic nitrogens is 2. The summed E-state index contributed by atoms with van der Waals surface area (Å²) >= 11 is 1.44. The number of nitrogens with zero attached hydrogens (tertiary/aromatic N) is 3. The van der Waals surface area contributed by atoms with Crippen LogP contribution in [0.2, 0.25) is 0 Å². The smallest absolute Gasteiger partial charge is 0.250 e. The van der Waals surface area contributed by atoms with E-state index < -0.39 is 0 Å². The van der Waals surface area contributed by atoms with Gasteiger partial charge in [0.25, 0.3) is 0 Å². The van der Waals surface area contributed by atoms with Gasteiger partial charge in [-0.25, -0.2) is 4.98 Å². The Kier molecular flexibility index (Phi) is 4.73. The molecule has 0 saturated carbocycles. The van der Waals surface area contributed by atoms with Crippen molar-refractivity contribution < 1.29 is 4.79 Å². The summed E-state index contributed by atoms with van der Waals surface area (Å²) in [4.78, 5) is 17.2. The maximum Gasteiger partial charge on any atom is 0.250 e. The Morgan fingerprint density at radius 2 is 2.29 bits per heavy atom. The van der Waals surface area contributed by atoms with E-state index in [2.05, 4.69) is 16.4 Å². The van der Waals surface area contributed by atoms with Gasteiger partial charge in [-0.1, -0.05) is 18.2 Å². The summed E-state index contributed by atoms with van der Waals surface area (Å²) in [5, 5.41) is 13.2. The third kappa shape index (κ3) is 3.53. The topological polar surface area (TPSA) is 70.7 Å². The zero-order valence-corrected chi connectivity index (χ0v) is 14.0. The molecule has 0 atom stereocenters. The van der Waals surface area contributed by atoms with E-state index in [9.17, 15) is 4.79 Å². The first-order valence-corrected chi connectivity index (χ1v) is 8.35. The quantitative estimate of drug-likeness (QED) is 0.717. The number of anilines is 1. The molecule has 3 rings (SSSR count). The summed E-state index contributed by atoms with van der Waals surface area (Å²) in [7, 11) is 0. The number of nitriles is 1. The van der Waals surface area contributed by atoms with Crippen molar-refractivity contribution in [2.24, 2.45) is 0 Å². The predicted octanol–water partition coefficient (Wildman–Crippen LogP) is 3.97. The molecule has 0 aliphatic heterocycles. The van der Waals surface area contributed by atoms with Crippen LogP contribution in [-0.4, -0.2) is 15.5 Å². The van der Waals surface area contributed by atoms with E-state index in [0.717, 1.165) is 21.3 Å². The van der Waals surface area contributed by atoms with Gasteiger partial charge in [-0.3, -0.25) is 10.1 Å². The van der Waals surface area contributed by atoms with Crippen molar-refractivity contribution in [3.05, 3.63) is 53.2 Å². The van der Waals surface area contributed by atoms with Crippen molar-refractivity contribution in [2.45, 2.75) is 19.9 Å². The summed E-state index contributed by atoms with van der Waals surface area (Å²) in [6.45, 7) is 2.58. The van der Waals surface area contributed by atoms with Gasteiger partial charge in [0.2, 0.25) is 5.91 Å². The molecular weight excluding hydrogens is 320 g/mol. The zero-order valence-electron chi connectivity index (χ0n) is 13.2. The van der Waals surface area contributed by atoms with Crippen molar-refractivity contribution in [3.63, 3.8) is 0 Å². The van der Waals surface area contributed by atoms with Crippen molar-refractivity contribution in [3.8, 4) is 6.07 Å². The minimum absolute atomic E-state index is 0.210. The molecular formula is C18H16N4OS. The molecule has 0 spiro atoms. The Balaban J connectivity index is 1.81. The third-order valence-corrected chi connectivity index (χ3v) is 4.38. The molecule has 0 fully saturated rings. The lowest BCUT2D eigenvalue weighted by atomic mass is 10.1. The normalized spacial score (nSPS) is 11.0. The van der Waals surface area contributed by atoms with Gasteiger partial charge in [0, 0.05) is 46.4 Å². The van der Waals surface area contributed by atoms with Gasteiger partial charge in [0.1, 0.15) is 0 Å². The molecule has 0 aliphatic carbocycles. The summed E-state index contributed by atoms with van der Waals surface area (Å²) in [5.74, 6) is -0.210. The Morgan fingerprint density at radius 3 is 3.04 bits per heavy atom. The van der Waals surface area contributed by atoms with E-state index in [1.165, 1.54) is 17.4 Å². The molecule has 0 radical (unpaired) electrons. The molecule has 2 aromatic heterocycles. The molecule has 6 heteroatoms. The lowest BCUT2D eigenvalue weighted by Crippen LogP contribution is -2.06. The second kappa shape index (κ2) is 7.11. The van der Waals surface area contributed by atoms with Gasteiger partial charge < -0.3 is 4.57 Å². The second-order valence-electron chi connectivity index (χ2n) is 5.30. The molecule has 1 aromatic carbocycles. The number of amides is 1. The number of nitrogens with one attached hydrogen (secondary N) is 1. The average Bonchev–Trinajstić information content (AvgIpc) is 3.15. The minimum atomic E-state index is -0.210. The lowest BCUT2D eigenvalue weighted by molar-refractivity contribution is -0.111. The highest BCUT2D eigenvalue weighted by atomic mass is 32.1. The van der Waals surface area contributed by atoms with Crippen molar-refractivity contribution in [1.82, 2.24) is 9.55 Å². The Morgan fingerprint density at radius 1 is 1.46 bits per heavy atom. The van der Waals surface area contributed by atoms with Crippen LogP contribution in [0, 0.1) is 18.3 Å². The number of fused-ring (bicyclic) bond motifs is 1. The van der Waals surface area contributed by atoms with Gasteiger partial charge >= 0.3 is 0 Å². The van der Waals surface area contributed by atoms with Gasteiger partial charge in [-0.15, -0.1) is 11.3 Å². The predicted molar refractivity (Wildman–Crippen MR) is 96.7 cm³/mol. The van der Waals surface area contributed by atoms with Crippen molar-refractivity contribution in [2.75, 3.05) is 5.32 Å². The van der Waals surface area contributed by atoms with Crippen LogP contribution in [0.4, 0.5) is 5.13 Å². The molecule has 5 nitrogen and oxygen atoms in total. The molecule has 24 heavy (non-hydrogen) atoms. The highest BCUT2D eigenvalue weighted by molar-refractivity contribution is 7.15. The number of hydrogen-bond donors (Lipinski definition) is 1. The number of benzene rings is 1. The monoisotopic (exact) mass is 336 g/mol. The molecule has 0 bridgehead atoms. The Bertz CT molecular complexity index is 945. The van der Waals surface area contributed by atoms with Crippen LogP contribution in [-0.2, 0) is 11.3 Å². The van der Waals surface area contributed by atoms with E-state index in [4.69, 9.17) is 5.26 Å². The number of carbonyl (C=O) groups excluding carboxylic acids is 1. The summed E-state index contributed by atoms with van der Waals surface area (Å²) in [5.41, 5.74) is 2.01. The van der Waals surface area contributed by atoms with Gasteiger partial charge in [0.15, 0.2) is 5.13 Å². The molecule has 0 aliphatic rings. The fourth-order valence-corrected chi connectivity index (χ4v) is 3.16. The van der Waals surface area contributed by atoms with Gasteiger partial charge in [-0.05, 0) is 19.1 Å². The van der Waals surface area contributed by atoms with E-state index >= 15 is 0 Å². The fourth-order valence-electron chi connectivity index (χ4n) is 2.49. The van der Waals surface area contributed by atoms with Gasteiger partial charge in [0.05, 0.1) is 12.5 Å². The summed E-state index contributed by atoms with van der Waals surface area (Å²) in [6, 6.07) is 10.1.